The zero-order valence-electron chi connectivity index (χ0n) is 19.3. The van der Waals surface area contributed by atoms with Crippen molar-refractivity contribution in [3.8, 4) is 11.8 Å². The van der Waals surface area contributed by atoms with Crippen molar-refractivity contribution in [2.24, 2.45) is 4.99 Å². The molecule has 0 radical (unpaired) electrons. The number of nitrogens with zero attached hydrogens (tertiary/aromatic N) is 3. The second-order valence-corrected chi connectivity index (χ2v) is 7.80. The van der Waals surface area contributed by atoms with Crippen LogP contribution in [0.4, 0.5) is 19.0 Å². The van der Waals surface area contributed by atoms with Gasteiger partial charge in [-0.15, -0.1) is 0 Å². The number of halogens is 3. The number of aliphatic imine (C=N–C) groups is 1. The lowest BCUT2D eigenvalue weighted by Crippen LogP contribution is -2.42. The Labute approximate surface area is 206 Å². The van der Waals surface area contributed by atoms with Crippen molar-refractivity contribution >= 4 is 17.4 Å². The highest BCUT2D eigenvalue weighted by molar-refractivity contribution is 6.01. The van der Waals surface area contributed by atoms with E-state index in [4.69, 9.17) is 10.00 Å². The molecule has 0 amide bonds. The standard InChI is InChI=1S/C26H23F3N6O/c1-36-22-9-5-3-7-19(22)21-14-24(32-13-12-31-23-11-10-17(15-30)16-33-23)35-25(34-21)18-6-2-4-8-20(18)26(27,28)29/h2-11,14,16,25,34H,12-13H2,1H3,(H,31,33)(H,32,35). The van der Waals surface area contributed by atoms with E-state index >= 15 is 0 Å². The van der Waals surface area contributed by atoms with Crippen molar-refractivity contribution in [2.75, 3.05) is 25.5 Å². The van der Waals surface area contributed by atoms with Gasteiger partial charge < -0.3 is 20.7 Å². The van der Waals surface area contributed by atoms with Crippen molar-refractivity contribution in [3.05, 3.63) is 95.2 Å². The van der Waals surface area contributed by atoms with Gasteiger partial charge in [0.15, 0.2) is 0 Å². The third kappa shape index (κ3) is 5.75. The molecule has 1 aliphatic rings. The number of ether oxygens (including phenoxy) is 1. The van der Waals surface area contributed by atoms with Crippen molar-refractivity contribution in [2.45, 2.75) is 12.3 Å². The number of para-hydroxylation sites is 1. The fourth-order valence-corrected chi connectivity index (χ4v) is 3.76. The molecule has 2 aromatic carbocycles. The topological polar surface area (TPSA) is 94.4 Å². The number of aromatic nitrogens is 1. The van der Waals surface area contributed by atoms with E-state index in [9.17, 15) is 13.2 Å². The first kappa shape index (κ1) is 24.6. The number of benzene rings is 2. The molecule has 0 saturated heterocycles. The normalized spacial score (nSPS) is 16.4. The molecule has 10 heteroatoms. The third-order valence-corrected chi connectivity index (χ3v) is 5.44. The summed E-state index contributed by atoms with van der Waals surface area (Å²) in [5, 5.41) is 18.2. The van der Waals surface area contributed by atoms with Crippen LogP contribution in [0.25, 0.3) is 5.70 Å². The van der Waals surface area contributed by atoms with Crippen LogP contribution >= 0.6 is 0 Å². The SMILES string of the molecule is COc1ccccc1C1=CC(=NCCNc2ccc(C#N)cn2)NC(c2ccccc2C(F)(F)F)N1. The fraction of sp³-hybridized carbons (Fsp3) is 0.192. The number of amidine groups is 1. The molecule has 1 unspecified atom stereocenters. The summed E-state index contributed by atoms with van der Waals surface area (Å²) < 4.78 is 46.7. The van der Waals surface area contributed by atoms with Gasteiger partial charge in [-0.05, 0) is 30.3 Å². The third-order valence-electron chi connectivity index (χ3n) is 5.44. The van der Waals surface area contributed by atoms with Crippen LogP contribution in [0.1, 0.15) is 28.4 Å². The molecule has 3 aromatic rings. The summed E-state index contributed by atoms with van der Waals surface area (Å²) in [5.41, 5.74) is 1.05. The maximum atomic E-state index is 13.7. The van der Waals surface area contributed by atoms with E-state index in [1.807, 2.05) is 24.3 Å². The summed E-state index contributed by atoms with van der Waals surface area (Å²) in [6.07, 6.45) is -2.18. The van der Waals surface area contributed by atoms with Crippen molar-refractivity contribution in [3.63, 3.8) is 0 Å². The Balaban J connectivity index is 1.60. The van der Waals surface area contributed by atoms with Gasteiger partial charge in [0.2, 0.25) is 0 Å². The Bertz CT molecular complexity index is 1310. The van der Waals surface area contributed by atoms with Crippen LogP contribution in [0.3, 0.4) is 0 Å². The largest absolute Gasteiger partial charge is 0.496 e. The van der Waals surface area contributed by atoms with Crippen LogP contribution in [0.15, 0.2) is 77.9 Å². The molecule has 0 fully saturated rings. The summed E-state index contributed by atoms with van der Waals surface area (Å²) in [6.45, 7) is 0.756. The molecule has 1 atom stereocenters. The zero-order chi connectivity index (χ0) is 25.5. The lowest BCUT2D eigenvalue weighted by atomic mass is 10.0. The van der Waals surface area contributed by atoms with E-state index in [-0.39, 0.29) is 5.56 Å². The molecule has 0 aliphatic carbocycles. The molecule has 3 N–H and O–H groups in total. The predicted molar refractivity (Wildman–Crippen MR) is 131 cm³/mol. The summed E-state index contributed by atoms with van der Waals surface area (Å²) >= 11 is 0. The summed E-state index contributed by atoms with van der Waals surface area (Å²) in [5.74, 6) is 1.59. The molecular formula is C26H23F3N6O. The number of nitriles is 1. The lowest BCUT2D eigenvalue weighted by molar-refractivity contribution is -0.138. The quantitative estimate of drug-likeness (QED) is 0.413. The van der Waals surface area contributed by atoms with E-state index in [2.05, 4.69) is 25.9 Å². The smallest absolute Gasteiger partial charge is 0.416 e. The number of hydrogen-bond acceptors (Lipinski definition) is 6. The Morgan fingerprint density at radius 2 is 1.86 bits per heavy atom. The Kier molecular flexibility index (Phi) is 7.39. The first-order chi connectivity index (χ1) is 17.4. The minimum Gasteiger partial charge on any atom is -0.496 e. The van der Waals surface area contributed by atoms with Gasteiger partial charge in [-0.3, -0.25) is 4.99 Å². The molecule has 0 bridgehead atoms. The van der Waals surface area contributed by atoms with Crippen LogP contribution in [0, 0.1) is 11.3 Å². The van der Waals surface area contributed by atoms with E-state index in [0.717, 1.165) is 6.07 Å². The molecule has 36 heavy (non-hydrogen) atoms. The molecule has 1 aromatic heterocycles. The Morgan fingerprint density at radius 3 is 2.58 bits per heavy atom. The van der Waals surface area contributed by atoms with Crippen LogP contribution < -0.4 is 20.7 Å². The van der Waals surface area contributed by atoms with Gasteiger partial charge in [0, 0.05) is 29.9 Å². The molecule has 184 valence electrons. The second kappa shape index (κ2) is 10.8. The molecule has 2 heterocycles. The number of alkyl halides is 3. The highest BCUT2D eigenvalue weighted by Crippen LogP contribution is 2.36. The number of rotatable bonds is 7. The van der Waals surface area contributed by atoms with Gasteiger partial charge >= 0.3 is 6.18 Å². The minimum absolute atomic E-state index is 0.0538. The Morgan fingerprint density at radius 1 is 1.08 bits per heavy atom. The minimum atomic E-state index is -4.51. The summed E-state index contributed by atoms with van der Waals surface area (Å²) in [6, 6.07) is 18.0. The van der Waals surface area contributed by atoms with Crippen LogP contribution in [0.5, 0.6) is 5.75 Å². The highest BCUT2D eigenvalue weighted by Gasteiger charge is 2.36. The van der Waals surface area contributed by atoms with Crippen molar-refractivity contribution in [1.82, 2.24) is 15.6 Å². The molecule has 4 rings (SSSR count). The molecule has 0 spiro atoms. The maximum Gasteiger partial charge on any atom is 0.416 e. The first-order valence-corrected chi connectivity index (χ1v) is 11.1. The van der Waals surface area contributed by atoms with E-state index in [1.165, 1.54) is 25.4 Å². The monoisotopic (exact) mass is 492 g/mol. The van der Waals surface area contributed by atoms with Crippen LogP contribution in [-0.4, -0.2) is 31.0 Å². The summed E-state index contributed by atoms with van der Waals surface area (Å²) in [4.78, 5) is 8.70. The fourth-order valence-electron chi connectivity index (χ4n) is 3.76. The zero-order valence-corrected chi connectivity index (χ0v) is 19.3. The number of methoxy groups -OCH3 is 1. The van der Waals surface area contributed by atoms with Gasteiger partial charge in [-0.1, -0.05) is 30.3 Å². The lowest BCUT2D eigenvalue weighted by Gasteiger charge is -2.31. The molecule has 1 aliphatic heterocycles. The Hall–Kier alpha value is -4.52. The number of hydrogen-bond donors (Lipinski definition) is 3. The van der Waals surface area contributed by atoms with Crippen molar-refractivity contribution < 1.29 is 17.9 Å². The average Bonchev–Trinajstić information content (AvgIpc) is 2.90. The average molecular weight is 493 g/mol. The summed E-state index contributed by atoms with van der Waals surface area (Å²) in [7, 11) is 1.54. The van der Waals surface area contributed by atoms with E-state index in [0.29, 0.717) is 47.3 Å². The molecule has 7 nitrogen and oxygen atoms in total. The second-order valence-electron chi connectivity index (χ2n) is 7.80. The van der Waals surface area contributed by atoms with Crippen LogP contribution in [-0.2, 0) is 6.18 Å². The predicted octanol–water partition coefficient (Wildman–Crippen LogP) is 4.72. The highest BCUT2D eigenvalue weighted by atomic mass is 19.4. The van der Waals surface area contributed by atoms with Gasteiger partial charge in [0.25, 0.3) is 0 Å². The molecular weight excluding hydrogens is 469 g/mol. The molecule has 0 saturated carbocycles. The maximum absolute atomic E-state index is 13.7. The van der Waals surface area contributed by atoms with E-state index < -0.39 is 17.9 Å². The number of nitrogens with one attached hydrogen (secondary N) is 3. The number of anilines is 1. The van der Waals surface area contributed by atoms with Crippen LogP contribution in [0.2, 0.25) is 0 Å². The van der Waals surface area contributed by atoms with E-state index in [1.54, 1.807) is 30.3 Å². The first-order valence-electron chi connectivity index (χ1n) is 11.1. The number of pyridine rings is 1. The van der Waals surface area contributed by atoms with Gasteiger partial charge in [0.1, 0.15) is 29.6 Å². The van der Waals surface area contributed by atoms with Gasteiger partial charge in [-0.2, -0.15) is 18.4 Å². The van der Waals surface area contributed by atoms with Gasteiger partial charge in [0.05, 0.1) is 30.5 Å². The van der Waals surface area contributed by atoms with Gasteiger partial charge in [-0.25, -0.2) is 4.98 Å². The van der Waals surface area contributed by atoms with Crippen molar-refractivity contribution in [1.29, 1.82) is 5.26 Å².